The van der Waals surface area contributed by atoms with Gasteiger partial charge < -0.3 is 12.4 Å². The summed E-state index contributed by atoms with van der Waals surface area (Å²) in [6.45, 7) is 4.10. The van der Waals surface area contributed by atoms with E-state index in [2.05, 4.69) is 6.58 Å². The average Bonchev–Trinajstić information content (AvgIpc) is 2.62. The molecule has 0 bridgehead atoms. The van der Waals surface area contributed by atoms with E-state index in [1.165, 1.54) is 6.08 Å². The van der Waals surface area contributed by atoms with Gasteiger partial charge in [-0.15, -0.1) is 4.65 Å². The van der Waals surface area contributed by atoms with Crippen LogP contribution in [0.2, 0.25) is 0 Å². The molecule has 0 saturated heterocycles. The fraction of sp³-hybridized carbons (Fsp3) is 0.238. The Morgan fingerprint density at radius 2 is 1.58 bits per heavy atom. The summed E-state index contributed by atoms with van der Waals surface area (Å²) >= 11 is 0. The van der Waals surface area contributed by atoms with E-state index in [0.29, 0.717) is 17.7 Å². The lowest BCUT2D eigenvalue weighted by Crippen LogP contribution is -3.00. The zero-order valence-electron chi connectivity index (χ0n) is 15.2. The number of hydroxylamine groups is 3. The standard InChI is InChI=1S/C21H24NO3.ClH/c1-4-20(23)25-22(2,3)16-8-9-17-12-14-19(15-13-17)21(24)18-10-6-5-7-11-18;/h4-7,10-15H,1,8-9,16H2,2-3H3;1H/q+1;/p-1. The number of nitrogens with zero attached hydrogens (tertiary/aromatic N) is 1. The fourth-order valence-corrected chi connectivity index (χ4v) is 2.57. The lowest BCUT2D eigenvalue weighted by molar-refractivity contribution is -1.06. The van der Waals surface area contributed by atoms with Gasteiger partial charge in [0.05, 0.1) is 0 Å². The van der Waals surface area contributed by atoms with Gasteiger partial charge in [-0.1, -0.05) is 61.2 Å². The normalized spacial score (nSPS) is 10.5. The second kappa shape index (κ2) is 9.90. The highest BCUT2D eigenvalue weighted by atomic mass is 35.5. The molecule has 0 unspecified atom stereocenters. The van der Waals surface area contributed by atoms with E-state index >= 15 is 0 Å². The van der Waals surface area contributed by atoms with E-state index in [1.807, 2.05) is 68.7 Å². The molecule has 138 valence electrons. The molecule has 26 heavy (non-hydrogen) atoms. The van der Waals surface area contributed by atoms with E-state index in [-0.39, 0.29) is 22.8 Å². The van der Waals surface area contributed by atoms with Gasteiger partial charge in [0.1, 0.15) is 20.6 Å². The number of carbonyl (C=O) groups excluding carboxylic acids is 2. The summed E-state index contributed by atoms with van der Waals surface area (Å²) in [7, 11) is 3.67. The topological polar surface area (TPSA) is 43.4 Å². The molecule has 0 saturated carbocycles. The third kappa shape index (κ3) is 6.47. The van der Waals surface area contributed by atoms with Crippen molar-refractivity contribution in [2.24, 2.45) is 0 Å². The van der Waals surface area contributed by atoms with Crippen LogP contribution in [0.5, 0.6) is 0 Å². The van der Waals surface area contributed by atoms with Gasteiger partial charge in [-0.25, -0.2) is 4.79 Å². The van der Waals surface area contributed by atoms with Crippen molar-refractivity contribution in [3.8, 4) is 0 Å². The van der Waals surface area contributed by atoms with Crippen molar-refractivity contribution in [2.75, 3.05) is 20.6 Å². The van der Waals surface area contributed by atoms with Crippen molar-refractivity contribution in [1.29, 1.82) is 0 Å². The number of rotatable bonds is 8. The fourth-order valence-electron chi connectivity index (χ4n) is 2.57. The molecule has 0 aromatic heterocycles. The first-order chi connectivity index (χ1) is 11.9. The number of quaternary nitrogens is 1. The number of carbonyl (C=O) groups is 2. The van der Waals surface area contributed by atoms with E-state index in [9.17, 15) is 9.59 Å². The molecule has 0 radical (unpaired) electrons. The highest BCUT2D eigenvalue weighted by Gasteiger charge is 2.20. The third-order valence-electron chi connectivity index (χ3n) is 3.92. The first-order valence-corrected chi connectivity index (χ1v) is 8.29. The molecule has 0 heterocycles. The maximum Gasteiger partial charge on any atom is 0.389 e. The SMILES string of the molecule is C=CC(=O)O[N+](C)(C)CCCc1ccc(C(=O)c2ccccc2)cc1.[Cl-]. The van der Waals surface area contributed by atoms with E-state index in [0.717, 1.165) is 18.4 Å². The predicted molar refractivity (Wildman–Crippen MR) is 97.9 cm³/mol. The van der Waals surface area contributed by atoms with Crippen molar-refractivity contribution >= 4 is 11.8 Å². The molecule has 2 aromatic carbocycles. The maximum absolute atomic E-state index is 12.4. The van der Waals surface area contributed by atoms with Gasteiger partial charge in [-0.05, 0) is 12.0 Å². The molecular formula is C21H24ClNO3. The smallest absolute Gasteiger partial charge is 0.389 e. The van der Waals surface area contributed by atoms with Gasteiger partial charge in [0, 0.05) is 23.6 Å². The molecule has 0 amide bonds. The maximum atomic E-state index is 12.4. The highest BCUT2D eigenvalue weighted by molar-refractivity contribution is 6.08. The molecule has 0 fully saturated rings. The largest absolute Gasteiger partial charge is 1.00 e. The summed E-state index contributed by atoms with van der Waals surface area (Å²) in [6.07, 6.45) is 2.89. The van der Waals surface area contributed by atoms with Gasteiger partial charge in [-0.2, -0.15) is 0 Å². The Balaban J connectivity index is 0.00000338. The number of benzene rings is 2. The number of aryl methyl sites for hydroxylation is 1. The van der Waals surface area contributed by atoms with Crippen LogP contribution in [0, 0.1) is 0 Å². The molecule has 0 atom stereocenters. The van der Waals surface area contributed by atoms with Crippen LogP contribution in [0.25, 0.3) is 0 Å². The quantitative estimate of drug-likeness (QED) is 0.294. The molecule has 4 nitrogen and oxygen atoms in total. The minimum absolute atomic E-state index is 0. The van der Waals surface area contributed by atoms with Crippen molar-refractivity contribution < 1.29 is 31.5 Å². The van der Waals surface area contributed by atoms with Gasteiger partial charge in [-0.3, -0.25) is 9.63 Å². The first kappa shape index (κ1) is 21.6. The minimum atomic E-state index is -0.422. The predicted octanol–water partition coefficient (Wildman–Crippen LogP) is 0.575. The van der Waals surface area contributed by atoms with E-state index in [1.54, 1.807) is 0 Å². The van der Waals surface area contributed by atoms with Gasteiger partial charge >= 0.3 is 5.97 Å². The lowest BCUT2D eigenvalue weighted by Gasteiger charge is -2.25. The Morgan fingerprint density at radius 1 is 1.00 bits per heavy atom. The monoisotopic (exact) mass is 373 g/mol. The van der Waals surface area contributed by atoms with Gasteiger partial charge in [0.15, 0.2) is 5.78 Å². The van der Waals surface area contributed by atoms with Crippen LogP contribution in [0.4, 0.5) is 0 Å². The summed E-state index contributed by atoms with van der Waals surface area (Å²) in [5, 5.41) is 0. The van der Waals surface area contributed by atoms with Crippen LogP contribution in [0.1, 0.15) is 27.9 Å². The van der Waals surface area contributed by atoms with Crippen LogP contribution in [-0.2, 0) is 16.1 Å². The molecule has 2 aromatic rings. The zero-order valence-corrected chi connectivity index (χ0v) is 15.9. The van der Waals surface area contributed by atoms with Crippen molar-refractivity contribution in [1.82, 2.24) is 0 Å². The van der Waals surface area contributed by atoms with Crippen LogP contribution < -0.4 is 12.4 Å². The summed E-state index contributed by atoms with van der Waals surface area (Å²) < 4.78 is 0.162. The van der Waals surface area contributed by atoms with Crippen molar-refractivity contribution in [2.45, 2.75) is 12.8 Å². The molecule has 0 N–H and O–H groups in total. The highest BCUT2D eigenvalue weighted by Crippen LogP contribution is 2.13. The number of ketones is 1. The second-order valence-electron chi connectivity index (χ2n) is 6.41. The lowest BCUT2D eigenvalue weighted by atomic mass is 10.0. The molecule has 0 aliphatic rings. The molecule has 0 aliphatic carbocycles. The molecule has 0 spiro atoms. The van der Waals surface area contributed by atoms with Crippen molar-refractivity contribution in [3.63, 3.8) is 0 Å². The Kier molecular flexibility index (Phi) is 8.23. The Bertz CT molecular complexity index is 740. The van der Waals surface area contributed by atoms with E-state index < -0.39 is 5.97 Å². The zero-order chi connectivity index (χ0) is 18.3. The molecule has 0 aliphatic heterocycles. The third-order valence-corrected chi connectivity index (χ3v) is 3.92. The Morgan fingerprint density at radius 3 is 2.15 bits per heavy atom. The molecule has 2 rings (SSSR count). The van der Waals surface area contributed by atoms with Gasteiger partial charge in [0.2, 0.25) is 0 Å². The average molecular weight is 374 g/mol. The Labute approximate surface area is 161 Å². The second-order valence-corrected chi connectivity index (χ2v) is 6.41. The molecule has 5 heteroatoms. The molecular weight excluding hydrogens is 350 g/mol. The van der Waals surface area contributed by atoms with Crippen LogP contribution in [0.15, 0.2) is 67.3 Å². The minimum Gasteiger partial charge on any atom is -1.00 e. The summed E-state index contributed by atoms with van der Waals surface area (Å²) in [5.74, 6) is -0.393. The first-order valence-electron chi connectivity index (χ1n) is 8.29. The number of halogens is 1. The van der Waals surface area contributed by atoms with Crippen LogP contribution >= 0.6 is 0 Å². The number of hydrogen-bond acceptors (Lipinski definition) is 3. The van der Waals surface area contributed by atoms with Crippen LogP contribution in [0.3, 0.4) is 0 Å². The van der Waals surface area contributed by atoms with Crippen LogP contribution in [-0.4, -0.2) is 37.0 Å². The number of hydrogen-bond donors (Lipinski definition) is 0. The summed E-state index contributed by atoms with van der Waals surface area (Å²) in [4.78, 5) is 28.9. The summed E-state index contributed by atoms with van der Waals surface area (Å²) in [6, 6.07) is 16.9. The Hall–Kier alpha value is -2.43. The van der Waals surface area contributed by atoms with E-state index in [4.69, 9.17) is 4.84 Å². The van der Waals surface area contributed by atoms with Gasteiger partial charge in [0.25, 0.3) is 0 Å². The summed E-state index contributed by atoms with van der Waals surface area (Å²) in [5.41, 5.74) is 2.53. The van der Waals surface area contributed by atoms with Crippen molar-refractivity contribution in [3.05, 3.63) is 83.9 Å².